The normalized spacial score (nSPS) is 16.8. The Labute approximate surface area is 387 Å². The summed E-state index contributed by atoms with van der Waals surface area (Å²) in [7, 11) is 5.78. The van der Waals surface area contributed by atoms with Crippen molar-refractivity contribution in [3.8, 4) is 45.1 Å². The second kappa shape index (κ2) is 22.2. The average molecular weight is 927 g/mol. The zero-order valence-electron chi connectivity index (χ0n) is 38.1. The Morgan fingerprint density at radius 2 is 1.23 bits per heavy atom. The summed E-state index contributed by atoms with van der Waals surface area (Å²) in [5.74, 6) is 1.90. The van der Waals surface area contributed by atoms with Gasteiger partial charge < -0.3 is 58.8 Å². The maximum Gasteiger partial charge on any atom is 0.407 e. The van der Waals surface area contributed by atoms with Gasteiger partial charge in [-0.15, -0.1) is 0 Å². The van der Waals surface area contributed by atoms with Crippen LogP contribution in [0, 0.1) is 5.92 Å². The third-order valence-electron chi connectivity index (χ3n) is 11.8. The molecule has 3 aromatic heterocycles. The van der Waals surface area contributed by atoms with E-state index in [0.717, 1.165) is 52.9 Å². The van der Waals surface area contributed by atoms with Crippen LogP contribution in [0.25, 0.3) is 33.6 Å². The SMILES string of the molecule is COCCOc1cc(-c2cnc(C3CCCN3C(=O)C(NC(=O)OC)c3ccsc3)[nH]2)ccc1-c1ccc(-c2cnc(C3CCCN3C(=O)C(NC(=O)OC)C(C)C)[nH]2)cc1OCCOC. The van der Waals surface area contributed by atoms with E-state index in [1.54, 1.807) is 36.4 Å². The zero-order valence-corrected chi connectivity index (χ0v) is 38.9. The van der Waals surface area contributed by atoms with Crippen LogP contribution in [0.4, 0.5) is 9.59 Å². The molecule has 2 aromatic carbocycles. The van der Waals surface area contributed by atoms with Crippen molar-refractivity contribution in [1.82, 2.24) is 40.4 Å². The molecule has 0 aliphatic carbocycles. The molecular formula is C47H58N8O10S. The van der Waals surface area contributed by atoms with Crippen LogP contribution in [0.2, 0.25) is 0 Å². The van der Waals surface area contributed by atoms with E-state index in [4.69, 9.17) is 38.4 Å². The first kappa shape index (κ1) is 47.5. The van der Waals surface area contributed by atoms with Crippen molar-refractivity contribution < 1.29 is 47.6 Å². The number of aromatic amines is 2. The van der Waals surface area contributed by atoms with Crippen molar-refractivity contribution in [2.75, 3.05) is 68.0 Å². The molecule has 0 bridgehead atoms. The van der Waals surface area contributed by atoms with Gasteiger partial charge in [-0.3, -0.25) is 9.59 Å². The Bertz CT molecular complexity index is 2440. The third-order valence-corrected chi connectivity index (χ3v) is 12.5. The smallest absolute Gasteiger partial charge is 0.407 e. The van der Waals surface area contributed by atoms with Crippen LogP contribution in [-0.4, -0.2) is 128 Å². The first-order chi connectivity index (χ1) is 32.0. The number of nitrogens with zero attached hydrogens (tertiary/aromatic N) is 4. The van der Waals surface area contributed by atoms with Gasteiger partial charge in [0.25, 0.3) is 5.91 Å². The number of hydrogen-bond acceptors (Lipinski definition) is 13. The molecule has 5 aromatic rings. The van der Waals surface area contributed by atoms with Crippen molar-refractivity contribution in [2.24, 2.45) is 5.92 Å². The number of hydrogen-bond donors (Lipinski definition) is 4. The zero-order chi connectivity index (χ0) is 46.7. The van der Waals surface area contributed by atoms with Crippen LogP contribution >= 0.6 is 11.3 Å². The number of carbonyl (C=O) groups excluding carboxylic acids is 4. The van der Waals surface area contributed by atoms with Gasteiger partial charge in [-0.05, 0) is 78.3 Å². The Hall–Kier alpha value is -6.44. The van der Waals surface area contributed by atoms with Crippen molar-refractivity contribution >= 4 is 35.3 Å². The largest absolute Gasteiger partial charge is 0.491 e. The molecule has 0 radical (unpaired) electrons. The fraction of sp³-hybridized carbons (Fsp3) is 0.447. The fourth-order valence-corrected chi connectivity index (χ4v) is 9.10. The number of thiophene rings is 1. The Morgan fingerprint density at radius 3 is 1.70 bits per heavy atom. The minimum Gasteiger partial charge on any atom is -0.491 e. The Kier molecular flexibility index (Phi) is 16.0. The predicted molar refractivity (Wildman–Crippen MR) is 246 cm³/mol. The lowest BCUT2D eigenvalue weighted by atomic mass is 9.98. The quantitative estimate of drug-likeness (QED) is 0.0614. The first-order valence-corrected chi connectivity index (χ1v) is 22.9. The number of methoxy groups -OCH3 is 4. The molecule has 0 saturated carbocycles. The molecule has 19 heteroatoms. The number of rotatable bonds is 19. The van der Waals surface area contributed by atoms with Crippen LogP contribution in [0.15, 0.2) is 65.6 Å². The lowest BCUT2D eigenvalue weighted by molar-refractivity contribution is -0.135. The van der Waals surface area contributed by atoms with Gasteiger partial charge in [-0.1, -0.05) is 26.0 Å². The molecule has 2 fully saturated rings. The van der Waals surface area contributed by atoms with Crippen molar-refractivity contribution in [3.63, 3.8) is 0 Å². The molecule has 4 unspecified atom stereocenters. The number of carbonyl (C=O) groups is 4. The molecule has 7 rings (SSSR count). The number of imidazole rings is 2. The predicted octanol–water partition coefficient (Wildman–Crippen LogP) is 7.05. The fourth-order valence-electron chi connectivity index (χ4n) is 8.42. The van der Waals surface area contributed by atoms with Gasteiger partial charge in [0.1, 0.15) is 48.4 Å². The molecule has 4 N–H and O–H groups in total. The monoisotopic (exact) mass is 926 g/mol. The highest BCUT2D eigenvalue weighted by atomic mass is 32.1. The van der Waals surface area contributed by atoms with Gasteiger partial charge in [0, 0.05) is 49.6 Å². The average Bonchev–Trinajstić information content (AvgIpc) is 4.19. The molecule has 0 spiro atoms. The number of likely N-dealkylation sites (tertiary alicyclic amines) is 2. The van der Waals surface area contributed by atoms with Gasteiger partial charge in [0.05, 0.1) is 63.3 Å². The standard InChI is InChI=1S/C47H58N8O10S/c1-28(2)40(52-46(58)62-5)44(56)54-16-7-9-36(54)42-48-25-34(50-42)29-11-13-32(38(23-29)64-20-18-60-3)33-14-12-30(24-39(33)65-21-19-61-4)35-26-49-43(51-35)37-10-8-17-55(37)45(57)41(53-47(59)63-6)31-15-22-66-27-31/h11-15,22-28,36-37,40-41H,7-10,16-21H2,1-6H3,(H,48,50)(H,49,51)(H,52,58)(H,53,59). The number of benzene rings is 2. The van der Waals surface area contributed by atoms with E-state index in [2.05, 4.69) is 20.6 Å². The van der Waals surface area contributed by atoms with Gasteiger partial charge >= 0.3 is 12.2 Å². The van der Waals surface area contributed by atoms with E-state index in [0.29, 0.717) is 68.0 Å². The molecule has 4 atom stereocenters. The maximum atomic E-state index is 14.0. The molecular weight excluding hydrogens is 869 g/mol. The van der Waals surface area contributed by atoms with Gasteiger partial charge in [0.15, 0.2) is 0 Å². The van der Waals surface area contributed by atoms with Gasteiger partial charge in [-0.25, -0.2) is 19.6 Å². The van der Waals surface area contributed by atoms with Crippen LogP contribution in [-0.2, 0) is 28.5 Å². The highest BCUT2D eigenvalue weighted by Crippen LogP contribution is 2.42. The lowest BCUT2D eigenvalue weighted by Crippen LogP contribution is -2.51. The summed E-state index contributed by atoms with van der Waals surface area (Å²) in [5.41, 5.74) is 5.36. The van der Waals surface area contributed by atoms with Crippen LogP contribution in [0.1, 0.15) is 74.9 Å². The second-order valence-electron chi connectivity index (χ2n) is 16.3. The third kappa shape index (κ3) is 10.8. The number of alkyl carbamates (subject to hydrolysis) is 2. The van der Waals surface area contributed by atoms with Crippen LogP contribution in [0.5, 0.6) is 11.5 Å². The first-order valence-electron chi connectivity index (χ1n) is 22.0. The summed E-state index contributed by atoms with van der Waals surface area (Å²) in [6.45, 7) is 6.14. The summed E-state index contributed by atoms with van der Waals surface area (Å²) in [6.07, 6.45) is 5.17. The highest BCUT2D eigenvalue weighted by molar-refractivity contribution is 7.08. The summed E-state index contributed by atoms with van der Waals surface area (Å²) >= 11 is 1.44. The van der Waals surface area contributed by atoms with E-state index >= 15 is 0 Å². The number of nitrogens with one attached hydrogen (secondary N) is 4. The molecule has 66 heavy (non-hydrogen) atoms. The molecule has 2 aliphatic rings. The minimum absolute atomic E-state index is 0.150. The summed E-state index contributed by atoms with van der Waals surface area (Å²) < 4.78 is 33.1. The van der Waals surface area contributed by atoms with Crippen LogP contribution < -0.4 is 20.1 Å². The molecule has 5 heterocycles. The second-order valence-corrected chi connectivity index (χ2v) is 17.1. The van der Waals surface area contributed by atoms with E-state index in [1.807, 2.05) is 67.1 Å². The maximum absolute atomic E-state index is 14.0. The molecule has 4 amide bonds. The molecule has 2 saturated heterocycles. The van der Waals surface area contributed by atoms with Crippen molar-refractivity contribution in [2.45, 2.75) is 63.7 Å². The van der Waals surface area contributed by atoms with Crippen molar-refractivity contribution in [1.29, 1.82) is 0 Å². The van der Waals surface area contributed by atoms with Crippen molar-refractivity contribution in [3.05, 3.63) is 82.8 Å². The summed E-state index contributed by atoms with van der Waals surface area (Å²) in [6, 6.07) is 11.4. The summed E-state index contributed by atoms with van der Waals surface area (Å²) in [4.78, 5) is 72.1. The van der Waals surface area contributed by atoms with E-state index in [9.17, 15) is 19.2 Å². The summed E-state index contributed by atoms with van der Waals surface area (Å²) in [5, 5.41) is 9.12. The minimum atomic E-state index is -0.894. The Balaban J connectivity index is 1.15. The number of amides is 4. The highest BCUT2D eigenvalue weighted by Gasteiger charge is 2.39. The topological polar surface area (TPSA) is 212 Å². The number of ether oxygens (including phenoxy) is 6. The Morgan fingerprint density at radius 1 is 0.712 bits per heavy atom. The van der Waals surface area contributed by atoms with Gasteiger partial charge in [0.2, 0.25) is 5.91 Å². The molecule has 2 aliphatic heterocycles. The van der Waals surface area contributed by atoms with E-state index < -0.39 is 24.3 Å². The number of H-pyrrole nitrogens is 2. The van der Waals surface area contributed by atoms with Crippen LogP contribution in [0.3, 0.4) is 0 Å². The lowest BCUT2D eigenvalue weighted by Gasteiger charge is -2.30. The molecule has 352 valence electrons. The molecule has 18 nitrogen and oxygen atoms in total. The number of aromatic nitrogens is 4. The van der Waals surface area contributed by atoms with E-state index in [1.165, 1.54) is 25.6 Å². The van der Waals surface area contributed by atoms with Gasteiger partial charge in [-0.2, -0.15) is 11.3 Å². The van der Waals surface area contributed by atoms with E-state index in [-0.39, 0.29) is 36.4 Å².